The van der Waals surface area contributed by atoms with Crippen molar-refractivity contribution in [2.45, 2.75) is 22.6 Å². The summed E-state index contributed by atoms with van der Waals surface area (Å²) in [5.41, 5.74) is 2.43. The minimum absolute atomic E-state index is 0.153. The van der Waals surface area contributed by atoms with Gasteiger partial charge in [0.2, 0.25) is 0 Å². The van der Waals surface area contributed by atoms with Crippen molar-refractivity contribution in [3.8, 4) is 17.2 Å². The van der Waals surface area contributed by atoms with Gasteiger partial charge in [-0.15, -0.1) is 0 Å². The molecule has 4 aromatic rings. The Morgan fingerprint density at radius 3 is 2.86 bits per heavy atom. The van der Waals surface area contributed by atoms with Gasteiger partial charge in [0.25, 0.3) is 0 Å². The monoisotopic (exact) mass is 410 g/mol. The maximum Gasteiger partial charge on any atom is 0.155 e. The fraction of sp³-hybridized carbons (Fsp3) is 0.158. The van der Waals surface area contributed by atoms with Crippen molar-refractivity contribution < 1.29 is 14.6 Å². The van der Waals surface area contributed by atoms with Crippen molar-refractivity contribution >= 4 is 17.3 Å². The topological polar surface area (TPSA) is 112 Å². The minimum atomic E-state index is -0.909. The first kappa shape index (κ1) is 19.1. The third-order valence-corrected chi connectivity index (χ3v) is 5.23. The van der Waals surface area contributed by atoms with E-state index in [1.165, 1.54) is 29.2 Å². The maximum atomic E-state index is 14.1. The lowest BCUT2D eigenvalue weighted by molar-refractivity contribution is 0.0783. The molecule has 1 atom stereocenters. The Bertz CT molecular complexity index is 1220. The van der Waals surface area contributed by atoms with Gasteiger partial charge in [-0.25, -0.2) is 13.9 Å². The molecule has 0 fully saturated rings. The number of nitrogens with zero attached hydrogens (tertiary/aromatic N) is 6. The highest BCUT2D eigenvalue weighted by Crippen LogP contribution is 2.35. The van der Waals surface area contributed by atoms with E-state index in [1.54, 1.807) is 23.1 Å². The van der Waals surface area contributed by atoms with Crippen molar-refractivity contribution in [1.82, 2.24) is 24.4 Å². The van der Waals surface area contributed by atoms with Crippen LogP contribution in [-0.4, -0.2) is 47.3 Å². The van der Waals surface area contributed by atoms with E-state index in [-0.39, 0.29) is 18.2 Å². The van der Waals surface area contributed by atoms with Crippen LogP contribution in [0, 0.1) is 17.1 Å². The zero-order chi connectivity index (χ0) is 20.4. The summed E-state index contributed by atoms with van der Waals surface area (Å²) >= 11 is 1.11. The number of hydrogen-bond donors (Lipinski definition) is 2. The van der Waals surface area contributed by atoms with E-state index >= 15 is 0 Å². The lowest BCUT2D eigenvalue weighted by atomic mass is 10.1. The molecule has 4 aromatic heterocycles. The number of nitriles is 1. The van der Waals surface area contributed by atoms with Gasteiger partial charge in [-0.1, -0.05) is 11.8 Å². The Hall–Kier alpha value is -3.26. The zero-order valence-corrected chi connectivity index (χ0v) is 15.8. The summed E-state index contributed by atoms with van der Waals surface area (Å²) in [6, 6.07) is 6.77. The largest absolute Gasteiger partial charge is 0.394 e. The molecule has 146 valence electrons. The summed E-state index contributed by atoms with van der Waals surface area (Å²) in [6.07, 6.45) is 7.15. The molecule has 0 saturated heterocycles. The molecule has 0 aliphatic carbocycles. The molecule has 0 radical (unpaired) electrons. The predicted octanol–water partition coefficient (Wildman–Crippen LogP) is 2.11. The number of hydrogen-bond acceptors (Lipinski definition) is 7. The van der Waals surface area contributed by atoms with Crippen LogP contribution in [0.25, 0.3) is 16.6 Å². The number of halogens is 1. The maximum absolute atomic E-state index is 14.1. The van der Waals surface area contributed by atoms with Gasteiger partial charge < -0.3 is 10.2 Å². The third kappa shape index (κ3) is 3.84. The number of pyridine rings is 2. The second-order valence-corrected chi connectivity index (χ2v) is 7.27. The second-order valence-electron chi connectivity index (χ2n) is 6.24. The summed E-state index contributed by atoms with van der Waals surface area (Å²) in [4.78, 5) is 4.70. The highest BCUT2D eigenvalue weighted by molar-refractivity contribution is 7.99. The quantitative estimate of drug-likeness (QED) is 0.501. The van der Waals surface area contributed by atoms with Gasteiger partial charge in [0.15, 0.2) is 5.82 Å². The first-order valence-electron chi connectivity index (χ1n) is 8.60. The molecule has 0 bridgehead atoms. The van der Waals surface area contributed by atoms with Gasteiger partial charge in [-0.2, -0.15) is 15.5 Å². The van der Waals surface area contributed by atoms with Crippen molar-refractivity contribution in [1.29, 1.82) is 5.26 Å². The number of aliphatic hydroxyl groups excluding tert-OH is 2. The molecule has 0 unspecified atom stereocenters. The van der Waals surface area contributed by atoms with Crippen LogP contribution < -0.4 is 0 Å². The van der Waals surface area contributed by atoms with Crippen molar-refractivity contribution in [3.63, 3.8) is 0 Å². The number of fused-ring (bicyclic) bond motifs is 1. The lowest BCUT2D eigenvalue weighted by Crippen LogP contribution is -2.19. The van der Waals surface area contributed by atoms with Crippen LogP contribution in [0.3, 0.4) is 0 Å². The van der Waals surface area contributed by atoms with Crippen LogP contribution in [0.2, 0.25) is 0 Å². The third-order valence-electron chi connectivity index (χ3n) is 4.20. The van der Waals surface area contributed by atoms with Crippen molar-refractivity contribution in [2.24, 2.45) is 0 Å². The van der Waals surface area contributed by atoms with E-state index in [2.05, 4.69) is 21.3 Å². The standard InChI is InChI=1S/C19H15FN6O2S/c20-16-2-1-3-22-19(16)29-17-4-12(9-26-18(17)13(5-21)6-24-26)14-7-23-25(8-14)10-15(28)11-27/h1-4,6-9,15,27-28H,10-11H2/t15-/m1/s1. The van der Waals surface area contributed by atoms with E-state index in [0.717, 1.165) is 22.9 Å². The molecule has 0 spiro atoms. The van der Waals surface area contributed by atoms with Crippen molar-refractivity contribution in [2.75, 3.05) is 6.61 Å². The average Bonchev–Trinajstić information content (AvgIpc) is 3.36. The van der Waals surface area contributed by atoms with E-state index in [0.29, 0.717) is 16.0 Å². The first-order chi connectivity index (χ1) is 14.1. The molecule has 4 rings (SSSR count). The van der Waals surface area contributed by atoms with E-state index in [4.69, 9.17) is 5.11 Å². The highest BCUT2D eigenvalue weighted by atomic mass is 32.2. The van der Waals surface area contributed by atoms with E-state index in [9.17, 15) is 14.8 Å². The van der Waals surface area contributed by atoms with Gasteiger partial charge in [0, 0.05) is 34.6 Å². The molecule has 29 heavy (non-hydrogen) atoms. The van der Waals surface area contributed by atoms with Crippen molar-refractivity contribution in [3.05, 3.63) is 60.6 Å². The zero-order valence-electron chi connectivity index (χ0n) is 15.0. The minimum Gasteiger partial charge on any atom is -0.394 e. The first-order valence-corrected chi connectivity index (χ1v) is 9.42. The second kappa shape index (κ2) is 8.00. The molecule has 10 heteroatoms. The smallest absolute Gasteiger partial charge is 0.155 e. The number of aliphatic hydroxyl groups is 2. The van der Waals surface area contributed by atoms with E-state index < -0.39 is 11.9 Å². The molecule has 2 N–H and O–H groups in total. The fourth-order valence-corrected chi connectivity index (χ4v) is 3.81. The summed E-state index contributed by atoms with van der Waals surface area (Å²) < 4.78 is 17.2. The molecule has 8 nitrogen and oxygen atoms in total. The molecule has 4 heterocycles. The van der Waals surface area contributed by atoms with Gasteiger partial charge in [0.1, 0.15) is 11.1 Å². The molecular weight excluding hydrogens is 395 g/mol. The van der Waals surface area contributed by atoms with Gasteiger partial charge in [-0.05, 0) is 18.2 Å². The van der Waals surface area contributed by atoms with Crippen LogP contribution in [-0.2, 0) is 6.54 Å². The van der Waals surface area contributed by atoms with Crippen LogP contribution in [0.5, 0.6) is 0 Å². The Kier molecular flexibility index (Phi) is 5.26. The summed E-state index contributed by atoms with van der Waals surface area (Å²) in [7, 11) is 0. The van der Waals surface area contributed by atoms with E-state index in [1.807, 2.05) is 6.07 Å². The molecule has 0 amide bonds. The SMILES string of the molecule is N#Cc1cnn2cc(-c3cnn(C[C@@H](O)CO)c3)cc(Sc3ncccc3F)c12. The molecule has 0 aromatic carbocycles. The van der Waals surface area contributed by atoms with Crippen LogP contribution in [0.15, 0.2) is 59.1 Å². The normalized spacial score (nSPS) is 12.2. The Morgan fingerprint density at radius 2 is 2.10 bits per heavy atom. The van der Waals surface area contributed by atoms with Crippen LogP contribution >= 0.6 is 11.8 Å². The van der Waals surface area contributed by atoms with Crippen LogP contribution in [0.1, 0.15) is 5.56 Å². The summed E-state index contributed by atoms with van der Waals surface area (Å²) in [5, 5.41) is 36.6. The molecule has 0 saturated carbocycles. The molecule has 0 aliphatic heterocycles. The summed E-state index contributed by atoms with van der Waals surface area (Å²) in [5.74, 6) is -0.454. The van der Waals surface area contributed by atoms with Crippen LogP contribution in [0.4, 0.5) is 4.39 Å². The van der Waals surface area contributed by atoms with Gasteiger partial charge in [-0.3, -0.25) is 4.68 Å². The van der Waals surface area contributed by atoms with Gasteiger partial charge >= 0.3 is 0 Å². The Balaban J connectivity index is 1.79. The number of rotatable bonds is 6. The number of aromatic nitrogens is 5. The fourth-order valence-electron chi connectivity index (χ4n) is 2.84. The molecular formula is C19H15FN6O2S. The molecule has 0 aliphatic rings. The Morgan fingerprint density at radius 1 is 1.24 bits per heavy atom. The summed E-state index contributed by atoms with van der Waals surface area (Å²) in [6.45, 7) is -0.207. The Labute approximate surface area is 168 Å². The lowest BCUT2D eigenvalue weighted by Gasteiger charge is -2.08. The predicted molar refractivity (Wildman–Crippen MR) is 103 cm³/mol. The van der Waals surface area contributed by atoms with Gasteiger partial charge in [0.05, 0.1) is 42.7 Å². The average molecular weight is 410 g/mol. The highest BCUT2D eigenvalue weighted by Gasteiger charge is 2.16.